The zero-order valence-electron chi connectivity index (χ0n) is 22.2. The lowest BCUT2D eigenvalue weighted by Gasteiger charge is -2.15. The van der Waals surface area contributed by atoms with Gasteiger partial charge in [-0.3, -0.25) is 4.79 Å². The summed E-state index contributed by atoms with van der Waals surface area (Å²) in [7, 11) is 1.68. The summed E-state index contributed by atoms with van der Waals surface area (Å²) < 4.78 is 10.7. The number of nitriles is 2. The van der Waals surface area contributed by atoms with Gasteiger partial charge in [-0.05, 0) is 36.8 Å². The topological polar surface area (TPSA) is 147 Å². The number of hydrogen-bond donors (Lipinski definition) is 2. The summed E-state index contributed by atoms with van der Waals surface area (Å²) in [6.45, 7) is 1.77. The van der Waals surface area contributed by atoms with Crippen LogP contribution in [0.2, 0.25) is 5.02 Å². The van der Waals surface area contributed by atoms with E-state index >= 15 is 0 Å². The lowest BCUT2D eigenvalue weighted by molar-refractivity contribution is -0.145. The van der Waals surface area contributed by atoms with Crippen LogP contribution in [0.5, 0.6) is 5.75 Å². The first-order chi connectivity index (χ1) is 19.8. The van der Waals surface area contributed by atoms with Crippen LogP contribution >= 0.6 is 34.7 Å². The lowest BCUT2D eigenvalue weighted by Crippen LogP contribution is -2.29. The number of esters is 1. The Morgan fingerprint density at radius 3 is 2.39 bits per heavy atom. The summed E-state index contributed by atoms with van der Waals surface area (Å²) in [6.07, 6.45) is 0. The molecule has 208 valence electrons. The second-order valence-corrected chi connectivity index (χ2v) is 10.9. The van der Waals surface area contributed by atoms with Crippen LogP contribution in [0, 0.1) is 22.7 Å². The van der Waals surface area contributed by atoms with Crippen LogP contribution in [0.25, 0.3) is 21.7 Å². The molecule has 0 saturated heterocycles. The first-order valence-electron chi connectivity index (χ1n) is 12.4. The number of pyridine rings is 1. The maximum absolute atomic E-state index is 11.5. The number of carbonyl (C=O) groups excluding carboxylic acids is 1. The number of carbonyl (C=O) groups is 1. The molecule has 0 spiro atoms. The third kappa shape index (κ3) is 7.34. The Labute approximate surface area is 250 Å². The van der Waals surface area contributed by atoms with Gasteiger partial charge < -0.3 is 20.5 Å². The van der Waals surface area contributed by atoms with Crippen LogP contribution in [-0.4, -0.2) is 42.2 Å². The van der Waals surface area contributed by atoms with Crippen molar-refractivity contribution in [2.45, 2.75) is 23.7 Å². The predicted octanol–water partition coefficient (Wildman–Crippen LogP) is 5.87. The van der Waals surface area contributed by atoms with Crippen molar-refractivity contribution in [2.24, 2.45) is 5.73 Å². The Morgan fingerprint density at radius 1 is 1.07 bits per heavy atom. The molecule has 0 aliphatic rings. The summed E-state index contributed by atoms with van der Waals surface area (Å²) >= 11 is 8.91. The minimum Gasteiger partial charge on any atom is -0.490 e. The number of ether oxygens (including phenoxy) is 2. The molecule has 4 rings (SSSR count). The van der Waals surface area contributed by atoms with Crippen LogP contribution < -0.4 is 15.8 Å². The van der Waals surface area contributed by atoms with Crippen molar-refractivity contribution in [3.8, 4) is 39.6 Å². The fourth-order valence-corrected chi connectivity index (χ4v) is 5.68. The van der Waals surface area contributed by atoms with E-state index in [9.17, 15) is 15.3 Å². The molecule has 9 nitrogen and oxygen atoms in total. The number of benzene rings is 2. The molecular weight excluding hydrogens is 580 g/mol. The number of halogens is 1. The molecule has 2 aromatic heterocycles. The summed E-state index contributed by atoms with van der Waals surface area (Å²) in [6, 6.07) is 18.2. The normalized spacial score (nSPS) is 11.3. The average molecular weight is 605 g/mol. The molecule has 1 atom stereocenters. The quantitative estimate of drug-likeness (QED) is 0.121. The van der Waals surface area contributed by atoms with E-state index in [2.05, 4.69) is 22.4 Å². The molecule has 12 heteroatoms. The highest BCUT2D eigenvalue weighted by Crippen LogP contribution is 2.38. The summed E-state index contributed by atoms with van der Waals surface area (Å²) in [5, 5.41) is 27.1. The molecule has 2 aromatic carbocycles. The minimum absolute atomic E-state index is 0.0654. The second-order valence-electron chi connectivity index (χ2n) is 8.63. The van der Waals surface area contributed by atoms with Crippen molar-refractivity contribution in [1.82, 2.24) is 9.97 Å². The lowest BCUT2D eigenvalue weighted by atomic mass is 9.96. The number of hydrogen-bond acceptors (Lipinski definition) is 11. The number of nitrogens with one attached hydrogen (secondary N) is 1. The molecule has 4 aromatic rings. The molecule has 0 aliphatic heterocycles. The summed E-state index contributed by atoms with van der Waals surface area (Å²) in [4.78, 5) is 20.8. The number of anilines is 1. The highest BCUT2D eigenvalue weighted by atomic mass is 35.5. The van der Waals surface area contributed by atoms with E-state index in [1.807, 2.05) is 29.6 Å². The number of rotatable bonds is 11. The van der Waals surface area contributed by atoms with Gasteiger partial charge in [0, 0.05) is 34.3 Å². The van der Waals surface area contributed by atoms with Crippen molar-refractivity contribution in [3.63, 3.8) is 0 Å². The average Bonchev–Trinajstić information content (AvgIpc) is 3.46. The van der Waals surface area contributed by atoms with Crippen LogP contribution in [0.4, 0.5) is 5.82 Å². The van der Waals surface area contributed by atoms with Gasteiger partial charge in [-0.1, -0.05) is 47.6 Å². The van der Waals surface area contributed by atoms with Gasteiger partial charge in [0.25, 0.3) is 0 Å². The van der Waals surface area contributed by atoms with Crippen LogP contribution in [0.3, 0.4) is 0 Å². The van der Waals surface area contributed by atoms with Crippen molar-refractivity contribution < 1.29 is 14.3 Å². The van der Waals surface area contributed by atoms with E-state index in [-0.39, 0.29) is 18.8 Å². The van der Waals surface area contributed by atoms with Gasteiger partial charge in [0.15, 0.2) is 0 Å². The number of nitrogens with two attached hydrogens (primary N) is 1. The molecule has 2 heterocycles. The van der Waals surface area contributed by atoms with Crippen LogP contribution in [0.15, 0.2) is 58.9 Å². The Hall–Kier alpha value is -4.13. The Kier molecular flexibility index (Phi) is 10.2. The zero-order chi connectivity index (χ0) is 29.4. The van der Waals surface area contributed by atoms with Gasteiger partial charge in [-0.25, -0.2) is 9.97 Å². The van der Waals surface area contributed by atoms with Gasteiger partial charge >= 0.3 is 5.97 Å². The van der Waals surface area contributed by atoms with Gasteiger partial charge in [0.2, 0.25) is 0 Å². The van der Waals surface area contributed by atoms with Crippen LogP contribution in [-0.2, 0) is 15.3 Å². The highest BCUT2D eigenvalue weighted by Gasteiger charge is 2.22. The van der Waals surface area contributed by atoms with Gasteiger partial charge in [0.05, 0.1) is 11.3 Å². The summed E-state index contributed by atoms with van der Waals surface area (Å²) in [5.41, 5.74) is 9.01. The van der Waals surface area contributed by atoms with E-state index < -0.39 is 12.0 Å². The van der Waals surface area contributed by atoms with E-state index in [1.54, 1.807) is 38.2 Å². The predicted molar refractivity (Wildman–Crippen MR) is 161 cm³/mol. The maximum Gasteiger partial charge on any atom is 0.322 e. The van der Waals surface area contributed by atoms with Crippen molar-refractivity contribution in [1.29, 1.82) is 10.5 Å². The molecule has 0 saturated carbocycles. The third-order valence-electron chi connectivity index (χ3n) is 5.74. The Balaban J connectivity index is 1.55. The van der Waals surface area contributed by atoms with E-state index in [0.717, 1.165) is 16.3 Å². The molecule has 0 unspecified atom stereocenters. The monoisotopic (exact) mass is 604 g/mol. The molecule has 0 aliphatic carbocycles. The van der Waals surface area contributed by atoms with Gasteiger partial charge in [-0.15, -0.1) is 11.3 Å². The fourth-order valence-electron chi connectivity index (χ4n) is 3.74. The Morgan fingerprint density at radius 2 is 1.76 bits per heavy atom. The molecule has 0 radical (unpaired) electrons. The number of nitrogens with zero attached hydrogens (tertiary/aromatic N) is 4. The minimum atomic E-state index is -0.697. The van der Waals surface area contributed by atoms with Gasteiger partial charge in [-0.2, -0.15) is 10.5 Å². The molecule has 3 N–H and O–H groups in total. The van der Waals surface area contributed by atoms with E-state index in [0.29, 0.717) is 44.1 Å². The standard InChI is InChI=1S/C29H25ClN6O3S2/c1-17(33)29(37)39-12-11-38-22-9-5-18(6-10-22)25-23(13-31)26(34-2)36-28(24(25)14-32)41-16-21-15-40-27(35-21)19-3-7-20(30)8-4-19/h3-10,15,17H,11-12,16,33H2,1-2H3,(H,34,36)/t17-/m0/s1. The van der Waals surface area contributed by atoms with Crippen LogP contribution in [0.1, 0.15) is 23.7 Å². The second kappa shape index (κ2) is 14.0. The number of thioether (sulfide) groups is 1. The van der Waals surface area contributed by atoms with E-state index in [4.69, 9.17) is 31.8 Å². The largest absolute Gasteiger partial charge is 0.490 e. The molecule has 41 heavy (non-hydrogen) atoms. The van der Waals surface area contributed by atoms with E-state index in [1.165, 1.54) is 23.1 Å². The molecule has 0 fully saturated rings. The first-order valence-corrected chi connectivity index (χ1v) is 14.6. The molecule has 0 bridgehead atoms. The first kappa shape index (κ1) is 29.8. The molecular formula is C29H25ClN6O3S2. The number of aromatic nitrogens is 2. The third-order valence-corrected chi connectivity index (χ3v) is 7.94. The highest BCUT2D eigenvalue weighted by molar-refractivity contribution is 7.98. The van der Waals surface area contributed by atoms with Crippen molar-refractivity contribution in [3.05, 3.63) is 75.8 Å². The maximum atomic E-state index is 11.5. The SMILES string of the molecule is CNc1nc(SCc2csc(-c3ccc(Cl)cc3)n2)c(C#N)c(-c2ccc(OCCOC(=O)[C@H](C)N)cc2)c1C#N. The smallest absolute Gasteiger partial charge is 0.322 e. The number of thiazole rings is 1. The zero-order valence-corrected chi connectivity index (χ0v) is 24.6. The van der Waals surface area contributed by atoms with Crippen molar-refractivity contribution in [2.75, 3.05) is 25.6 Å². The Bertz CT molecular complexity index is 1610. The van der Waals surface area contributed by atoms with Gasteiger partial charge in [0.1, 0.15) is 58.6 Å². The van der Waals surface area contributed by atoms with Crippen molar-refractivity contribution >= 4 is 46.5 Å². The fraction of sp³-hybridized carbons (Fsp3) is 0.207. The summed E-state index contributed by atoms with van der Waals surface area (Å²) in [5.74, 6) is 0.904. The molecule has 0 amide bonds.